The summed E-state index contributed by atoms with van der Waals surface area (Å²) in [6, 6.07) is 3.17. The molecule has 0 saturated heterocycles. The van der Waals surface area contributed by atoms with Gasteiger partial charge in [0.25, 0.3) is 0 Å². The molecule has 5 heteroatoms. The summed E-state index contributed by atoms with van der Waals surface area (Å²) in [5.74, 6) is -0.739. The lowest BCUT2D eigenvalue weighted by atomic mass is 9.93. The van der Waals surface area contributed by atoms with Crippen molar-refractivity contribution >= 4 is 0 Å². The highest BCUT2D eigenvalue weighted by Gasteiger charge is 2.64. The summed E-state index contributed by atoms with van der Waals surface area (Å²) in [4.78, 5) is 0. The van der Waals surface area contributed by atoms with Crippen molar-refractivity contribution in [1.82, 2.24) is 0 Å². The third kappa shape index (κ3) is 1.69. The van der Waals surface area contributed by atoms with Crippen LogP contribution in [0.2, 0.25) is 0 Å². The van der Waals surface area contributed by atoms with Crippen molar-refractivity contribution in [2.75, 3.05) is 0 Å². The predicted octanol–water partition coefficient (Wildman–Crippen LogP) is 2.91. The number of rotatable bonds is 2. The maximum Gasteiger partial charge on any atom is 0.398 e. The van der Waals surface area contributed by atoms with Crippen molar-refractivity contribution in [2.24, 2.45) is 0 Å². The summed E-state index contributed by atoms with van der Waals surface area (Å²) >= 11 is 0. The first-order valence-electron chi connectivity index (χ1n) is 4.86. The molecule has 0 radical (unpaired) electrons. The Morgan fingerprint density at radius 1 is 1.19 bits per heavy atom. The van der Waals surface area contributed by atoms with Gasteiger partial charge in [-0.1, -0.05) is 6.07 Å². The monoisotopic (exact) mass is 234 g/mol. The molecule has 1 aliphatic carbocycles. The quantitative estimate of drug-likeness (QED) is 0.780. The first kappa shape index (κ1) is 11.4. The Balaban J connectivity index is 2.45. The number of benzene rings is 1. The highest BCUT2D eigenvalue weighted by molar-refractivity contribution is 5.37. The lowest BCUT2D eigenvalue weighted by Crippen LogP contribution is -2.28. The van der Waals surface area contributed by atoms with Gasteiger partial charge in [-0.25, -0.2) is 4.39 Å². The van der Waals surface area contributed by atoms with Crippen LogP contribution in [0.3, 0.4) is 0 Å². The zero-order valence-electron chi connectivity index (χ0n) is 8.31. The van der Waals surface area contributed by atoms with Gasteiger partial charge in [-0.3, -0.25) is 0 Å². The van der Waals surface area contributed by atoms with E-state index in [1.165, 1.54) is 6.07 Å². The standard InChI is InChI=1S/C11H10F4O/c12-9-4-7(6-16)3-8(5-9)10(1-2-10)11(13,14)15/h3-5,16H,1-2,6H2. The fourth-order valence-electron chi connectivity index (χ4n) is 1.88. The third-order valence-corrected chi connectivity index (χ3v) is 2.99. The molecule has 1 saturated carbocycles. The highest BCUT2D eigenvalue weighted by atomic mass is 19.4. The number of halogens is 4. The summed E-state index contributed by atoms with van der Waals surface area (Å²) in [5, 5.41) is 8.83. The molecular weight excluding hydrogens is 224 g/mol. The lowest BCUT2D eigenvalue weighted by Gasteiger charge is -2.20. The molecule has 1 aromatic rings. The van der Waals surface area contributed by atoms with E-state index in [4.69, 9.17) is 5.11 Å². The third-order valence-electron chi connectivity index (χ3n) is 2.99. The number of alkyl halides is 3. The van der Waals surface area contributed by atoms with Crippen LogP contribution in [0.1, 0.15) is 24.0 Å². The SMILES string of the molecule is OCc1cc(F)cc(C2(C(F)(F)F)CC2)c1. The first-order valence-corrected chi connectivity index (χ1v) is 4.86. The Morgan fingerprint density at radius 3 is 2.25 bits per heavy atom. The summed E-state index contributed by atoms with van der Waals surface area (Å²) in [6.45, 7) is -0.460. The normalized spacial score (nSPS) is 18.6. The smallest absolute Gasteiger partial charge is 0.392 e. The second kappa shape index (κ2) is 3.45. The average molecular weight is 234 g/mol. The van der Waals surface area contributed by atoms with Crippen LogP contribution < -0.4 is 0 Å². The molecule has 0 spiro atoms. The van der Waals surface area contributed by atoms with Crippen molar-refractivity contribution in [3.05, 3.63) is 35.1 Å². The molecule has 88 valence electrons. The second-order valence-electron chi connectivity index (χ2n) is 4.09. The summed E-state index contributed by atoms with van der Waals surface area (Å²) < 4.78 is 51.4. The fraction of sp³-hybridized carbons (Fsp3) is 0.455. The van der Waals surface area contributed by atoms with Crippen LogP contribution in [0.5, 0.6) is 0 Å². The van der Waals surface area contributed by atoms with E-state index < -0.39 is 24.0 Å². The van der Waals surface area contributed by atoms with Crippen LogP contribution in [-0.2, 0) is 12.0 Å². The maximum atomic E-state index is 13.1. The molecule has 1 aromatic carbocycles. The van der Waals surface area contributed by atoms with Gasteiger partial charge in [0, 0.05) is 0 Å². The first-order chi connectivity index (χ1) is 7.39. The molecule has 0 amide bonds. The zero-order valence-corrected chi connectivity index (χ0v) is 8.31. The van der Waals surface area contributed by atoms with Crippen LogP contribution in [0.4, 0.5) is 17.6 Å². The Labute approximate surface area is 89.7 Å². The van der Waals surface area contributed by atoms with Gasteiger partial charge in [0.05, 0.1) is 12.0 Å². The summed E-state index contributed by atoms with van der Waals surface area (Å²) in [7, 11) is 0. The van der Waals surface area contributed by atoms with Crippen LogP contribution in [0, 0.1) is 5.82 Å². The molecule has 1 nitrogen and oxygen atoms in total. The van der Waals surface area contributed by atoms with Gasteiger partial charge in [-0.2, -0.15) is 13.2 Å². The van der Waals surface area contributed by atoms with E-state index >= 15 is 0 Å². The Hall–Kier alpha value is -1.10. The molecule has 1 aliphatic rings. The average Bonchev–Trinajstić information content (AvgIpc) is 2.96. The van der Waals surface area contributed by atoms with Gasteiger partial charge < -0.3 is 5.11 Å². The number of hydrogen-bond donors (Lipinski definition) is 1. The minimum atomic E-state index is -4.35. The van der Waals surface area contributed by atoms with Gasteiger partial charge in [-0.05, 0) is 36.1 Å². The van der Waals surface area contributed by atoms with Crippen LogP contribution >= 0.6 is 0 Å². The van der Waals surface area contributed by atoms with Crippen LogP contribution in [0.25, 0.3) is 0 Å². The lowest BCUT2D eigenvalue weighted by molar-refractivity contribution is -0.160. The summed E-state index contributed by atoms with van der Waals surface area (Å²) in [6.07, 6.45) is -4.37. The largest absolute Gasteiger partial charge is 0.398 e. The van der Waals surface area contributed by atoms with Gasteiger partial charge in [0.1, 0.15) is 5.82 Å². The van der Waals surface area contributed by atoms with E-state index in [9.17, 15) is 17.6 Å². The fourth-order valence-corrected chi connectivity index (χ4v) is 1.88. The van der Waals surface area contributed by atoms with Crippen molar-refractivity contribution < 1.29 is 22.7 Å². The Morgan fingerprint density at radius 2 is 1.81 bits per heavy atom. The van der Waals surface area contributed by atoms with Crippen molar-refractivity contribution in [2.45, 2.75) is 31.0 Å². The van der Waals surface area contributed by atoms with Crippen molar-refractivity contribution in [3.8, 4) is 0 Å². The van der Waals surface area contributed by atoms with Gasteiger partial charge in [0.15, 0.2) is 0 Å². The molecule has 2 rings (SSSR count). The molecule has 1 N–H and O–H groups in total. The Bertz CT molecular complexity index is 407. The van der Waals surface area contributed by atoms with E-state index in [0.717, 1.165) is 12.1 Å². The Kier molecular flexibility index (Phi) is 2.45. The maximum absolute atomic E-state index is 13.1. The van der Waals surface area contributed by atoms with Gasteiger partial charge in [0.2, 0.25) is 0 Å². The number of aliphatic hydroxyl groups is 1. The molecule has 0 aliphatic heterocycles. The summed E-state index contributed by atoms with van der Waals surface area (Å²) in [5.41, 5.74) is -1.80. The number of hydrogen-bond acceptors (Lipinski definition) is 1. The van der Waals surface area contributed by atoms with E-state index in [1.54, 1.807) is 0 Å². The highest BCUT2D eigenvalue weighted by Crippen LogP contribution is 2.59. The van der Waals surface area contributed by atoms with Crippen molar-refractivity contribution in [1.29, 1.82) is 0 Å². The molecule has 1 fully saturated rings. The molecule has 0 aromatic heterocycles. The number of aliphatic hydroxyl groups excluding tert-OH is 1. The second-order valence-corrected chi connectivity index (χ2v) is 4.09. The van der Waals surface area contributed by atoms with Crippen LogP contribution in [-0.4, -0.2) is 11.3 Å². The van der Waals surface area contributed by atoms with E-state index in [-0.39, 0.29) is 24.0 Å². The van der Waals surface area contributed by atoms with Gasteiger partial charge >= 0.3 is 6.18 Å². The minimum Gasteiger partial charge on any atom is -0.392 e. The molecule has 0 atom stereocenters. The van der Waals surface area contributed by atoms with E-state index in [1.807, 2.05) is 0 Å². The van der Waals surface area contributed by atoms with E-state index in [2.05, 4.69) is 0 Å². The van der Waals surface area contributed by atoms with E-state index in [0.29, 0.717) is 0 Å². The van der Waals surface area contributed by atoms with Crippen molar-refractivity contribution in [3.63, 3.8) is 0 Å². The molecule has 0 bridgehead atoms. The predicted molar refractivity (Wildman–Crippen MR) is 49.3 cm³/mol. The molecular formula is C11H10F4O. The zero-order chi connectivity index (χ0) is 12.0. The molecule has 0 heterocycles. The molecule has 0 unspecified atom stereocenters. The molecule has 16 heavy (non-hydrogen) atoms. The minimum absolute atomic E-state index is 0.00911. The van der Waals surface area contributed by atoms with Crippen LogP contribution in [0.15, 0.2) is 18.2 Å². The van der Waals surface area contributed by atoms with Gasteiger partial charge in [-0.15, -0.1) is 0 Å². The topological polar surface area (TPSA) is 20.2 Å².